The number of alkyl halides is 2. The summed E-state index contributed by atoms with van der Waals surface area (Å²) in [6, 6.07) is 12.5. The average molecular weight is 571 g/mol. The van der Waals surface area contributed by atoms with Gasteiger partial charge in [-0.15, -0.1) is 5.10 Å². The quantitative estimate of drug-likeness (QED) is 0.303. The van der Waals surface area contributed by atoms with E-state index in [0.717, 1.165) is 12.1 Å². The van der Waals surface area contributed by atoms with Crippen LogP contribution >= 0.6 is 0 Å². The molecule has 1 aromatic carbocycles. The molecule has 2 bridgehead atoms. The molecule has 42 heavy (non-hydrogen) atoms. The van der Waals surface area contributed by atoms with E-state index in [1.165, 1.54) is 22.9 Å². The smallest absolute Gasteiger partial charge is 0.267 e. The van der Waals surface area contributed by atoms with Gasteiger partial charge in [-0.3, -0.25) is 4.57 Å². The van der Waals surface area contributed by atoms with Crippen molar-refractivity contribution in [1.82, 2.24) is 34.5 Å². The number of anilines is 3. The minimum Gasteiger partial charge on any atom is -0.494 e. The Bertz CT molecular complexity index is 1850. The summed E-state index contributed by atoms with van der Waals surface area (Å²) in [5.41, 5.74) is 3.17. The van der Waals surface area contributed by atoms with Crippen molar-refractivity contribution in [2.75, 3.05) is 30.5 Å². The Morgan fingerprint density at radius 1 is 1.17 bits per heavy atom. The van der Waals surface area contributed by atoms with Crippen LogP contribution in [-0.4, -0.2) is 66.9 Å². The summed E-state index contributed by atoms with van der Waals surface area (Å²) < 4.78 is 42.1. The van der Waals surface area contributed by atoms with Crippen molar-refractivity contribution in [2.24, 2.45) is 0 Å². The predicted molar refractivity (Wildman–Crippen MR) is 148 cm³/mol. The molecule has 2 aliphatic rings. The molecule has 0 radical (unpaired) electrons. The first-order valence-corrected chi connectivity index (χ1v) is 13.2. The third kappa shape index (κ3) is 4.25. The highest BCUT2D eigenvalue weighted by atomic mass is 19.3. The molecule has 2 fully saturated rings. The molecule has 14 heteroatoms. The first kappa shape index (κ1) is 25.8. The second-order valence-corrected chi connectivity index (χ2v) is 10.1. The number of nitriles is 1. The second kappa shape index (κ2) is 10.0. The van der Waals surface area contributed by atoms with Crippen LogP contribution in [0.3, 0.4) is 0 Å². The van der Waals surface area contributed by atoms with Crippen LogP contribution < -0.4 is 15.0 Å². The van der Waals surface area contributed by atoms with Crippen molar-refractivity contribution in [3.63, 3.8) is 0 Å². The van der Waals surface area contributed by atoms with Crippen molar-refractivity contribution in [3.05, 3.63) is 65.9 Å². The molecule has 0 amide bonds. The van der Waals surface area contributed by atoms with E-state index in [9.17, 15) is 14.0 Å². The molecule has 1 unspecified atom stereocenters. The molecule has 2 saturated heterocycles. The van der Waals surface area contributed by atoms with E-state index >= 15 is 0 Å². The molecule has 5 aromatic rings. The van der Waals surface area contributed by atoms with Gasteiger partial charge in [-0.2, -0.15) is 15.5 Å². The van der Waals surface area contributed by atoms with E-state index in [1.54, 1.807) is 37.2 Å². The Morgan fingerprint density at radius 2 is 2.00 bits per heavy atom. The predicted octanol–water partition coefficient (Wildman–Crippen LogP) is 4.24. The number of imidazole rings is 1. The first-order chi connectivity index (χ1) is 20.4. The van der Waals surface area contributed by atoms with Gasteiger partial charge in [0.25, 0.3) is 6.43 Å². The Kier molecular flexibility index (Phi) is 6.16. The van der Waals surface area contributed by atoms with Crippen LogP contribution in [0.25, 0.3) is 22.7 Å². The van der Waals surface area contributed by atoms with E-state index in [4.69, 9.17) is 9.47 Å². The molecule has 2 aliphatic heterocycles. The normalized spacial score (nSPS) is 17.8. The molecule has 4 aromatic heterocycles. The number of rotatable bonds is 7. The van der Waals surface area contributed by atoms with E-state index in [0.29, 0.717) is 65.1 Å². The second-order valence-electron chi connectivity index (χ2n) is 10.1. The van der Waals surface area contributed by atoms with Gasteiger partial charge in [0, 0.05) is 17.8 Å². The van der Waals surface area contributed by atoms with Crippen LogP contribution in [0.2, 0.25) is 0 Å². The highest BCUT2D eigenvalue weighted by Crippen LogP contribution is 2.38. The van der Waals surface area contributed by atoms with Gasteiger partial charge < -0.3 is 19.7 Å². The fourth-order valence-corrected chi connectivity index (χ4v) is 5.61. The summed E-state index contributed by atoms with van der Waals surface area (Å²) in [7, 11) is 1.55. The molecule has 0 aliphatic carbocycles. The van der Waals surface area contributed by atoms with Gasteiger partial charge in [-0.1, -0.05) is 0 Å². The molecule has 1 N–H and O–H groups in total. The molecule has 212 valence electrons. The zero-order valence-electron chi connectivity index (χ0n) is 22.6. The van der Waals surface area contributed by atoms with Crippen molar-refractivity contribution in [2.45, 2.75) is 31.9 Å². The van der Waals surface area contributed by atoms with Gasteiger partial charge >= 0.3 is 0 Å². The first-order valence-electron chi connectivity index (χ1n) is 13.2. The molecule has 2 atom stereocenters. The van der Waals surface area contributed by atoms with Gasteiger partial charge in [-0.05, 0) is 37.6 Å². The van der Waals surface area contributed by atoms with Crippen molar-refractivity contribution >= 4 is 28.2 Å². The molecule has 0 saturated carbocycles. The van der Waals surface area contributed by atoms with Crippen LogP contribution in [-0.2, 0) is 4.74 Å². The SMILES string of the molecule is COc1cc2c(cc1Nc1cc(N3C4COC[C@@H]3C4)cnn1)ncn2-c1ccc(C(F)F)c(-n2nc(C#N)cc2C)n1. The number of pyridine rings is 1. The van der Waals surface area contributed by atoms with Crippen LogP contribution in [0.15, 0.2) is 48.9 Å². The Hall–Kier alpha value is -5.16. The molecule has 12 nitrogen and oxygen atoms in total. The fourth-order valence-electron chi connectivity index (χ4n) is 5.61. The monoisotopic (exact) mass is 570 g/mol. The number of benzene rings is 1. The molecule has 7 rings (SSSR count). The number of ether oxygens (including phenoxy) is 2. The number of halogens is 2. The fraction of sp³-hybridized carbons (Fsp3) is 0.286. The number of aromatic nitrogens is 7. The number of nitrogens with one attached hydrogen (secondary N) is 1. The molecular formula is C28H24F2N10O2. The third-order valence-corrected chi connectivity index (χ3v) is 7.60. The number of aryl methyl sites for hydroxylation is 1. The number of fused-ring (bicyclic) bond motifs is 3. The van der Waals surface area contributed by atoms with Crippen LogP contribution in [0.5, 0.6) is 5.75 Å². The summed E-state index contributed by atoms with van der Waals surface area (Å²) in [4.78, 5) is 11.4. The zero-order valence-corrected chi connectivity index (χ0v) is 22.6. The maximum Gasteiger partial charge on any atom is 0.267 e. The zero-order chi connectivity index (χ0) is 29.0. The maximum absolute atomic E-state index is 13.9. The lowest BCUT2D eigenvalue weighted by atomic mass is 9.91. The number of hydrogen-bond acceptors (Lipinski definition) is 10. The maximum atomic E-state index is 13.9. The number of morpholine rings is 1. The van der Waals surface area contributed by atoms with Crippen LogP contribution in [0.4, 0.5) is 26.0 Å². The van der Waals surface area contributed by atoms with E-state index in [2.05, 4.69) is 35.5 Å². The number of nitrogens with zero attached hydrogens (tertiary/aromatic N) is 9. The summed E-state index contributed by atoms with van der Waals surface area (Å²) in [6.45, 7) is 3.09. The van der Waals surface area contributed by atoms with Crippen molar-refractivity contribution < 1.29 is 18.3 Å². The Morgan fingerprint density at radius 3 is 2.71 bits per heavy atom. The lowest BCUT2D eigenvalue weighted by Gasteiger charge is -2.53. The van der Waals surface area contributed by atoms with E-state index in [1.807, 2.05) is 18.2 Å². The van der Waals surface area contributed by atoms with Crippen LogP contribution in [0, 0.1) is 18.3 Å². The van der Waals surface area contributed by atoms with Gasteiger partial charge in [0.05, 0.1) is 66.6 Å². The van der Waals surface area contributed by atoms with Crippen molar-refractivity contribution in [1.29, 1.82) is 5.26 Å². The molecule has 0 spiro atoms. The highest BCUT2D eigenvalue weighted by Gasteiger charge is 2.42. The minimum absolute atomic E-state index is 0.0648. The Labute approximate surface area is 238 Å². The van der Waals surface area contributed by atoms with Gasteiger partial charge in [0.15, 0.2) is 17.3 Å². The van der Waals surface area contributed by atoms with Crippen molar-refractivity contribution in [3.8, 4) is 23.5 Å². The lowest BCUT2D eigenvalue weighted by molar-refractivity contribution is 0.0102. The Balaban J connectivity index is 1.24. The van der Waals surface area contributed by atoms with Gasteiger partial charge in [-0.25, -0.2) is 23.4 Å². The third-order valence-electron chi connectivity index (χ3n) is 7.60. The minimum atomic E-state index is -2.79. The molecular weight excluding hydrogens is 546 g/mol. The van der Waals surface area contributed by atoms with E-state index in [-0.39, 0.29) is 17.1 Å². The van der Waals surface area contributed by atoms with Crippen LogP contribution in [0.1, 0.15) is 29.8 Å². The lowest BCUT2D eigenvalue weighted by Crippen LogP contribution is -2.64. The summed E-state index contributed by atoms with van der Waals surface area (Å²) >= 11 is 0. The summed E-state index contributed by atoms with van der Waals surface area (Å²) in [5.74, 6) is 1.34. The van der Waals surface area contributed by atoms with Gasteiger partial charge in [0.2, 0.25) is 0 Å². The number of hydrogen-bond donors (Lipinski definition) is 1. The summed E-state index contributed by atoms with van der Waals surface area (Å²) in [5, 5.41) is 25.1. The standard InChI is InChI=1S/C28H24F2N10O2/c1-15-5-16(10-31)37-40(15)28-20(27(29)30)3-4-26(35-28)38-14-32-21-8-22(24(41-2)9-23(21)38)34-25-7-17(11-33-36-25)39-18-6-19(39)13-42-12-18/h3-5,7-9,11,14,18-19,27H,6,12-13H2,1-2H3,(H,34,36)/t18-,19?/m0/s1. The average Bonchev–Trinajstić information content (AvgIpc) is 3.59. The molecule has 6 heterocycles. The topological polar surface area (TPSA) is 132 Å². The largest absolute Gasteiger partial charge is 0.494 e. The summed E-state index contributed by atoms with van der Waals surface area (Å²) in [6.07, 6.45) is 1.63. The highest BCUT2D eigenvalue weighted by molar-refractivity contribution is 5.86. The number of methoxy groups -OCH3 is 1. The van der Waals surface area contributed by atoms with Gasteiger partial charge in [0.1, 0.15) is 24.0 Å². The van der Waals surface area contributed by atoms with E-state index < -0.39 is 6.43 Å².